The van der Waals surface area contributed by atoms with Crippen LogP contribution in [0.25, 0.3) is 0 Å². The predicted molar refractivity (Wildman–Crippen MR) is 84.6 cm³/mol. The van der Waals surface area contributed by atoms with E-state index in [9.17, 15) is 9.59 Å². The SMILES string of the molecule is CC(C)CCCN(C)C(=O)CCCCCC(=O)C(C)C. The molecular formula is C17H33NO2. The van der Waals surface area contributed by atoms with Crippen molar-refractivity contribution < 1.29 is 9.59 Å². The molecule has 0 aliphatic heterocycles. The van der Waals surface area contributed by atoms with E-state index >= 15 is 0 Å². The first-order valence-corrected chi connectivity index (χ1v) is 8.11. The molecule has 0 rings (SSSR count). The summed E-state index contributed by atoms with van der Waals surface area (Å²) in [7, 11) is 1.89. The molecule has 0 saturated heterocycles. The molecule has 0 unspecified atom stereocenters. The van der Waals surface area contributed by atoms with Gasteiger partial charge in [0.15, 0.2) is 0 Å². The van der Waals surface area contributed by atoms with E-state index in [2.05, 4.69) is 13.8 Å². The van der Waals surface area contributed by atoms with Crippen molar-refractivity contribution in [3.8, 4) is 0 Å². The van der Waals surface area contributed by atoms with Crippen LogP contribution < -0.4 is 0 Å². The van der Waals surface area contributed by atoms with E-state index in [0.717, 1.165) is 32.2 Å². The second kappa shape index (κ2) is 10.9. The number of hydrogen-bond acceptors (Lipinski definition) is 2. The molecule has 0 fully saturated rings. The summed E-state index contributed by atoms with van der Waals surface area (Å²) in [6.07, 6.45) is 6.34. The molecule has 0 radical (unpaired) electrons. The number of amides is 1. The summed E-state index contributed by atoms with van der Waals surface area (Å²) in [6, 6.07) is 0. The van der Waals surface area contributed by atoms with Gasteiger partial charge in [0.1, 0.15) is 5.78 Å². The fourth-order valence-electron chi connectivity index (χ4n) is 2.09. The maximum atomic E-state index is 11.9. The Balaban J connectivity index is 3.59. The minimum Gasteiger partial charge on any atom is -0.346 e. The molecule has 0 atom stereocenters. The van der Waals surface area contributed by atoms with Gasteiger partial charge in [0, 0.05) is 32.4 Å². The Morgan fingerprint density at radius 2 is 1.50 bits per heavy atom. The van der Waals surface area contributed by atoms with Gasteiger partial charge in [-0.2, -0.15) is 0 Å². The van der Waals surface area contributed by atoms with Crippen LogP contribution >= 0.6 is 0 Å². The average molecular weight is 283 g/mol. The Bertz CT molecular complexity index is 285. The molecule has 1 amide bonds. The Morgan fingerprint density at radius 1 is 0.900 bits per heavy atom. The fourth-order valence-corrected chi connectivity index (χ4v) is 2.09. The maximum absolute atomic E-state index is 11.9. The fraction of sp³-hybridized carbons (Fsp3) is 0.882. The van der Waals surface area contributed by atoms with Crippen LogP contribution in [0.2, 0.25) is 0 Å². The van der Waals surface area contributed by atoms with Crippen LogP contribution in [0.5, 0.6) is 0 Å². The van der Waals surface area contributed by atoms with Crippen molar-refractivity contribution >= 4 is 11.7 Å². The first-order chi connectivity index (χ1) is 9.34. The average Bonchev–Trinajstić information content (AvgIpc) is 2.36. The van der Waals surface area contributed by atoms with E-state index in [4.69, 9.17) is 0 Å². The highest BCUT2D eigenvalue weighted by molar-refractivity contribution is 5.80. The number of Topliss-reactive ketones (excluding diaryl/α,β-unsaturated/α-hetero) is 1. The molecule has 0 heterocycles. The van der Waals surface area contributed by atoms with Crippen LogP contribution in [0.4, 0.5) is 0 Å². The summed E-state index contributed by atoms with van der Waals surface area (Å²) in [4.78, 5) is 25.2. The van der Waals surface area contributed by atoms with Crippen molar-refractivity contribution in [2.75, 3.05) is 13.6 Å². The largest absolute Gasteiger partial charge is 0.346 e. The summed E-state index contributed by atoms with van der Waals surface area (Å²) >= 11 is 0. The number of hydrogen-bond donors (Lipinski definition) is 0. The quantitative estimate of drug-likeness (QED) is 0.536. The monoisotopic (exact) mass is 283 g/mol. The summed E-state index contributed by atoms with van der Waals surface area (Å²) in [5.74, 6) is 1.42. The first-order valence-electron chi connectivity index (χ1n) is 8.11. The molecule has 0 N–H and O–H groups in total. The van der Waals surface area contributed by atoms with Gasteiger partial charge in [-0.25, -0.2) is 0 Å². The van der Waals surface area contributed by atoms with Gasteiger partial charge in [-0.15, -0.1) is 0 Å². The minimum atomic E-state index is 0.142. The summed E-state index contributed by atoms with van der Waals surface area (Å²) in [5.41, 5.74) is 0. The molecule has 0 aromatic rings. The number of nitrogens with zero attached hydrogens (tertiary/aromatic N) is 1. The highest BCUT2D eigenvalue weighted by Gasteiger charge is 2.09. The first kappa shape index (κ1) is 19.1. The van der Waals surface area contributed by atoms with E-state index in [1.165, 1.54) is 6.42 Å². The lowest BCUT2D eigenvalue weighted by Gasteiger charge is -2.17. The zero-order chi connectivity index (χ0) is 15.5. The van der Waals surface area contributed by atoms with Crippen LogP contribution in [-0.2, 0) is 9.59 Å². The van der Waals surface area contributed by atoms with Gasteiger partial charge in [0.25, 0.3) is 0 Å². The van der Waals surface area contributed by atoms with Crippen LogP contribution in [0, 0.1) is 11.8 Å². The van der Waals surface area contributed by atoms with E-state index in [1.807, 2.05) is 25.8 Å². The van der Waals surface area contributed by atoms with Crippen LogP contribution in [0.3, 0.4) is 0 Å². The molecular weight excluding hydrogens is 250 g/mol. The number of carbonyl (C=O) groups excluding carboxylic acids is 2. The van der Waals surface area contributed by atoms with Crippen molar-refractivity contribution in [3.63, 3.8) is 0 Å². The van der Waals surface area contributed by atoms with E-state index in [0.29, 0.717) is 24.5 Å². The van der Waals surface area contributed by atoms with Crippen molar-refractivity contribution in [1.82, 2.24) is 4.90 Å². The molecule has 0 aliphatic carbocycles. The van der Waals surface area contributed by atoms with Crippen molar-refractivity contribution in [2.45, 2.75) is 72.6 Å². The van der Waals surface area contributed by atoms with Gasteiger partial charge in [0.2, 0.25) is 5.91 Å². The van der Waals surface area contributed by atoms with Crippen LogP contribution in [0.15, 0.2) is 0 Å². The van der Waals surface area contributed by atoms with Crippen molar-refractivity contribution in [1.29, 1.82) is 0 Å². The highest BCUT2D eigenvalue weighted by atomic mass is 16.2. The third kappa shape index (κ3) is 9.99. The lowest BCUT2D eigenvalue weighted by Crippen LogP contribution is -2.27. The van der Waals surface area contributed by atoms with Gasteiger partial charge in [-0.1, -0.05) is 34.1 Å². The van der Waals surface area contributed by atoms with Crippen LogP contribution in [0.1, 0.15) is 72.6 Å². The highest BCUT2D eigenvalue weighted by Crippen LogP contribution is 2.09. The van der Waals surface area contributed by atoms with E-state index < -0.39 is 0 Å². The van der Waals surface area contributed by atoms with Gasteiger partial charge in [-0.3, -0.25) is 9.59 Å². The summed E-state index contributed by atoms with van der Waals surface area (Å²) in [6.45, 7) is 9.17. The molecule has 0 aromatic heterocycles. The molecule has 3 heteroatoms. The number of carbonyl (C=O) groups is 2. The van der Waals surface area contributed by atoms with Gasteiger partial charge >= 0.3 is 0 Å². The van der Waals surface area contributed by atoms with Gasteiger partial charge in [0.05, 0.1) is 0 Å². The standard InChI is InChI=1S/C17H33NO2/c1-14(2)10-9-13-18(5)17(20)12-8-6-7-11-16(19)15(3)4/h14-15H,6-13H2,1-5H3. The zero-order valence-corrected chi connectivity index (χ0v) is 14.1. The minimum absolute atomic E-state index is 0.142. The predicted octanol–water partition coefficient (Wildman–Crippen LogP) is 4.06. The Hall–Kier alpha value is -0.860. The Kier molecular flexibility index (Phi) is 10.4. The van der Waals surface area contributed by atoms with E-state index in [1.54, 1.807) is 0 Å². The zero-order valence-electron chi connectivity index (χ0n) is 14.1. The molecule has 0 spiro atoms. The number of ketones is 1. The van der Waals surface area contributed by atoms with Gasteiger partial charge in [-0.05, 0) is 31.6 Å². The molecule has 0 aliphatic rings. The summed E-state index contributed by atoms with van der Waals surface area (Å²) in [5, 5.41) is 0. The number of rotatable bonds is 11. The number of unbranched alkanes of at least 4 members (excludes halogenated alkanes) is 2. The van der Waals surface area contributed by atoms with Crippen molar-refractivity contribution in [2.24, 2.45) is 11.8 Å². The third-order valence-corrected chi connectivity index (χ3v) is 3.66. The second-order valence-corrected chi connectivity index (χ2v) is 6.53. The Morgan fingerprint density at radius 3 is 2.05 bits per heavy atom. The van der Waals surface area contributed by atoms with Crippen molar-refractivity contribution in [3.05, 3.63) is 0 Å². The van der Waals surface area contributed by atoms with E-state index in [-0.39, 0.29) is 11.8 Å². The molecule has 0 saturated carbocycles. The normalized spacial score (nSPS) is 11.2. The lowest BCUT2D eigenvalue weighted by atomic mass is 10.0. The molecule has 3 nitrogen and oxygen atoms in total. The smallest absolute Gasteiger partial charge is 0.222 e. The lowest BCUT2D eigenvalue weighted by molar-refractivity contribution is -0.130. The summed E-state index contributed by atoms with van der Waals surface area (Å²) < 4.78 is 0. The maximum Gasteiger partial charge on any atom is 0.222 e. The molecule has 0 aromatic carbocycles. The Labute approximate surface area is 125 Å². The van der Waals surface area contributed by atoms with Crippen LogP contribution in [-0.4, -0.2) is 30.2 Å². The molecule has 20 heavy (non-hydrogen) atoms. The van der Waals surface area contributed by atoms with Gasteiger partial charge < -0.3 is 4.90 Å². The third-order valence-electron chi connectivity index (χ3n) is 3.66. The molecule has 118 valence electrons. The second-order valence-electron chi connectivity index (χ2n) is 6.53. The molecule has 0 bridgehead atoms. The topological polar surface area (TPSA) is 37.4 Å².